The summed E-state index contributed by atoms with van der Waals surface area (Å²) in [5.74, 6) is 0.677. The lowest BCUT2D eigenvalue weighted by atomic mass is 9.50. The Kier molecular flexibility index (Phi) is 6.93. The second-order valence-corrected chi connectivity index (χ2v) is 16.2. The van der Waals surface area contributed by atoms with Crippen LogP contribution in [0.15, 0.2) is 23.3 Å². The molecule has 0 unspecified atom stereocenters. The number of allylic oxidation sites excluding steroid dienone is 4. The van der Waals surface area contributed by atoms with Gasteiger partial charge in [-0.25, -0.2) is 0 Å². The van der Waals surface area contributed by atoms with Crippen molar-refractivity contribution in [2.24, 2.45) is 16.7 Å². The van der Waals surface area contributed by atoms with Crippen molar-refractivity contribution in [1.29, 1.82) is 0 Å². The van der Waals surface area contributed by atoms with Crippen molar-refractivity contribution in [3.05, 3.63) is 23.3 Å². The van der Waals surface area contributed by atoms with E-state index >= 15 is 0 Å². The van der Waals surface area contributed by atoms with Crippen molar-refractivity contribution in [3.63, 3.8) is 0 Å². The Hall–Kier alpha value is -0.673. The van der Waals surface area contributed by atoms with E-state index in [1.165, 1.54) is 11.1 Å². The van der Waals surface area contributed by atoms with E-state index in [1.54, 1.807) is 0 Å². The third-order valence-electron chi connectivity index (χ3n) is 8.63. The summed E-state index contributed by atoms with van der Waals surface area (Å²) >= 11 is 0. The van der Waals surface area contributed by atoms with Crippen molar-refractivity contribution in [1.82, 2.24) is 0 Å². The Morgan fingerprint density at radius 1 is 1.04 bits per heavy atom. The molecule has 0 heterocycles. The van der Waals surface area contributed by atoms with Crippen LogP contribution in [0.5, 0.6) is 0 Å². The molecule has 160 valence electrons. The first-order chi connectivity index (χ1) is 12.8. The number of ketones is 1. The number of carbonyl (C=O) groups excluding carboxylic acids is 1. The summed E-state index contributed by atoms with van der Waals surface area (Å²) in [4.78, 5) is 13.0. The Balaban J connectivity index is 2.31. The fraction of sp³-hybridized carbons (Fsp3) is 0.800. The van der Waals surface area contributed by atoms with Crippen LogP contribution in [-0.4, -0.2) is 20.7 Å². The highest BCUT2D eigenvalue weighted by Crippen LogP contribution is 2.58. The van der Waals surface area contributed by atoms with Crippen molar-refractivity contribution < 1.29 is 9.22 Å². The average molecular weight is 405 g/mol. The predicted molar refractivity (Wildman–Crippen MR) is 123 cm³/mol. The minimum atomic E-state index is -1.85. The van der Waals surface area contributed by atoms with Crippen molar-refractivity contribution in [2.75, 3.05) is 6.61 Å². The lowest BCUT2D eigenvalue weighted by molar-refractivity contribution is -0.128. The second-order valence-electron chi connectivity index (χ2n) is 10.7. The summed E-state index contributed by atoms with van der Waals surface area (Å²) in [5, 5.41) is 0. The van der Waals surface area contributed by atoms with Crippen LogP contribution in [-0.2, 0) is 9.22 Å². The molecule has 0 aromatic heterocycles. The molecule has 0 bridgehead atoms. The smallest absolute Gasteiger partial charge is 0.200 e. The van der Waals surface area contributed by atoms with Gasteiger partial charge in [-0.2, -0.15) is 0 Å². The Bertz CT molecular complexity index is 636. The first-order valence-corrected chi connectivity index (χ1v) is 13.5. The molecule has 28 heavy (non-hydrogen) atoms. The fourth-order valence-electron chi connectivity index (χ4n) is 6.66. The molecular formula is C25H44O2Si. The van der Waals surface area contributed by atoms with Crippen LogP contribution in [0.25, 0.3) is 0 Å². The monoisotopic (exact) mass is 404 g/mol. The third-order valence-corrected chi connectivity index (χ3v) is 14.8. The van der Waals surface area contributed by atoms with Crippen LogP contribution in [0.1, 0.15) is 88.5 Å². The van der Waals surface area contributed by atoms with E-state index < -0.39 is 8.32 Å². The van der Waals surface area contributed by atoms with Gasteiger partial charge in [-0.1, -0.05) is 65.7 Å². The van der Waals surface area contributed by atoms with Crippen LogP contribution in [0.2, 0.25) is 16.6 Å². The van der Waals surface area contributed by atoms with Crippen LogP contribution >= 0.6 is 0 Å². The number of hydrogen-bond donors (Lipinski definition) is 0. The quantitative estimate of drug-likeness (QED) is 0.325. The van der Waals surface area contributed by atoms with Crippen LogP contribution in [0.4, 0.5) is 0 Å². The molecule has 3 atom stereocenters. The molecule has 0 aliphatic heterocycles. The van der Waals surface area contributed by atoms with Crippen LogP contribution < -0.4 is 0 Å². The summed E-state index contributed by atoms with van der Waals surface area (Å²) in [5.41, 5.74) is 4.03. The summed E-state index contributed by atoms with van der Waals surface area (Å²) in [6, 6.07) is 0. The number of rotatable bonds is 7. The van der Waals surface area contributed by atoms with E-state index in [2.05, 4.69) is 75.3 Å². The topological polar surface area (TPSA) is 26.3 Å². The highest BCUT2D eigenvalue weighted by Gasteiger charge is 2.55. The van der Waals surface area contributed by atoms with Crippen molar-refractivity contribution in [2.45, 2.75) is 105 Å². The second kappa shape index (κ2) is 8.22. The van der Waals surface area contributed by atoms with Crippen molar-refractivity contribution >= 4 is 14.1 Å². The summed E-state index contributed by atoms with van der Waals surface area (Å²) in [6.07, 6.45) is 7.43. The van der Waals surface area contributed by atoms with Gasteiger partial charge in [0.25, 0.3) is 0 Å². The fourth-order valence-corrected chi connectivity index (χ4v) is 12.1. The van der Waals surface area contributed by atoms with E-state index in [9.17, 15) is 4.79 Å². The van der Waals surface area contributed by atoms with Gasteiger partial charge in [0, 0.05) is 6.61 Å². The molecule has 0 fully saturated rings. The van der Waals surface area contributed by atoms with Crippen LogP contribution in [0.3, 0.4) is 0 Å². The van der Waals surface area contributed by atoms with Gasteiger partial charge >= 0.3 is 0 Å². The highest BCUT2D eigenvalue weighted by atomic mass is 28.4. The van der Waals surface area contributed by atoms with E-state index in [1.807, 2.05) is 6.08 Å². The molecule has 0 aromatic carbocycles. The van der Waals surface area contributed by atoms with Gasteiger partial charge in [0.2, 0.25) is 0 Å². The molecule has 2 aliphatic carbocycles. The predicted octanol–water partition coefficient (Wildman–Crippen LogP) is 7.47. The summed E-state index contributed by atoms with van der Waals surface area (Å²) in [6.45, 7) is 23.8. The maximum absolute atomic E-state index is 13.0. The first kappa shape index (κ1) is 23.6. The molecule has 0 radical (unpaired) electrons. The number of carbonyl (C=O) groups is 1. The first-order valence-electron chi connectivity index (χ1n) is 11.4. The molecule has 2 aliphatic rings. The van der Waals surface area contributed by atoms with E-state index in [-0.39, 0.29) is 10.8 Å². The summed E-state index contributed by atoms with van der Waals surface area (Å²) in [7, 11) is -1.85. The third kappa shape index (κ3) is 3.51. The molecule has 0 saturated carbocycles. The normalized spacial score (nSPS) is 31.3. The van der Waals surface area contributed by atoms with Gasteiger partial charge in [-0.15, -0.1) is 0 Å². The summed E-state index contributed by atoms with van der Waals surface area (Å²) < 4.78 is 6.91. The maximum Gasteiger partial charge on any atom is 0.200 e. The molecule has 3 heteroatoms. The van der Waals surface area contributed by atoms with Crippen molar-refractivity contribution in [3.8, 4) is 0 Å². The standard InChI is InChI=1S/C25H44O2Si/c1-17(2)28(18(3)4,19(5)6)27-15-14-24(9)21(8)16-23(26)25(10)20(7)12-11-13-22(24)25/h12,16-19,22H,11,13-15H2,1-10H3/t22-,24+,25+/m0/s1. The highest BCUT2D eigenvalue weighted by molar-refractivity contribution is 6.77. The lowest BCUT2D eigenvalue weighted by Crippen LogP contribution is -2.52. The zero-order chi connectivity index (χ0) is 21.5. The number of hydrogen-bond acceptors (Lipinski definition) is 2. The lowest BCUT2D eigenvalue weighted by Gasteiger charge is -2.53. The Morgan fingerprint density at radius 3 is 2.07 bits per heavy atom. The molecule has 0 N–H and O–H groups in total. The van der Waals surface area contributed by atoms with Gasteiger partial charge in [-0.05, 0) is 74.1 Å². The van der Waals surface area contributed by atoms with Gasteiger partial charge in [0.15, 0.2) is 14.1 Å². The minimum absolute atomic E-state index is 0.0310. The molecule has 2 nitrogen and oxygen atoms in total. The molecule has 0 saturated heterocycles. The van der Waals surface area contributed by atoms with E-state index in [0.717, 1.165) is 25.9 Å². The van der Waals surface area contributed by atoms with E-state index in [0.29, 0.717) is 28.3 Å². The van der Waals surface area contributed by atoms with Gasteiger partial charge in [0.1, 0.15) is 0 Å². The van der Waals surface area contributed by atoms with Gasteiger partial charge < -0.3 is 4.43 Å². The van der Waals surface area contributed by atoms with Gasteiger partial charge in [-0.3, -0.25) is 4.79 Å². The van der Waals surface area contributed by atoms with E-state index in [4.69, 9.17) is 4.43 Å². The zero-order valence-corrected chi connectivity index (χ0v) is 21.1. The zero-order valence-electron chi connectivity index (χ0n) is 20.1. The molecular weight excluding hydrogens is 360 g/mol. The molecule has 0 amide bonds. The van der Waals surface area contributed by atoms with Crippen LogP contribution in [0, 0.1) is 16.7 Å². The Morgan fingerprint density at radius 2 is 1.57 bits per heavy atom. The SMILES string of the molecule is CC1=CCC[C@@H]2[C@]1(C)C(=O)C=C(C)[C@@]2(C)CCO[Si](C(C)C)(C(C)C)C(C)C. The van der Waals surface area contributed by atoms with Gasteiger partial charge in [0.05, 0.1) is 5.41 Å². The average Bonchev–Trinajstić information content (AvgIpc) is 2.58. The minimum Gasteiger partial charge on any atom is -0.416 e. The Labute approximate surface area is 175 Å². The largest absolute Gasteiger partial charge is 0.416 e. The molecule has 0 spiro atoms. The molecule has 2 rings (SSSR count). The maximum atomic E-state index is 13.0. The molecule has 0 aromatic rings. The number of fused-ring (bicyclic) bond motifs is 1.